The zero-order valence-electron chi connectivity index (χ0n) is 16.8. The molecule has 2 aliphatic heterocycles. The standard InChI is InChI=1S/C21H26F2N4O3/c22-18(23)13-27-20(24-16-6-2-1-5-15(16)21(27)29)17-7-3-8-25(17)10-11-26-9-4-12-30-14-19(26)28/h1-2,5-6,17-18H,3-4,7-14H2. The maximum atomic E-state index is 13.3. The Balaban J connectivity index is 1.61. The molecule has 0 aliphatic carbocycles. The highest BCUT2D eigenvalue weighted by Gasteiger charge is 2.31. The number of para-hydroxylation sites is 1. The Hall–Kier alpha value is -2.39. The van der Waals surface area contributed by atoms with Gasteiger partial charge in [0.1, 0.15) is 12.4 Å². The molecule has 1 atom stereocenters. The van der Waals surface area contributed by atoms with Gasteiger partial charge in [-0.05, 0) is 37.9 Å². The molecule has 162 valence electrons. The lowest BCUT2D eigenvalue weighted by molar-refractivity contribution is -0.134. The van der Waals surface area contributed by atoms with Gasteiger partial charge in [-0.3, -0.25) is 19.1 Å². The average molecular weight is 420 g/mol. The summed E-state index contributed by atoms with van der Waals surface area (Å²) >= 11 is 0. The Kier molecular flexibility index (Phi) is 6.38. The third-order valence-electron chi connectivity index (χ3n) is 5.83. The van der Waals surface area contributed by atoms with Crippen LogP contribution in [-0.2, 0) is 16.1 Å². The number of hydrogen-bond acceptors (Lipinski definition) is 5. The minimum absolute atomic E-state index is 0.0262. The van der Waals surface area contributed by atoms with Crippen molar-refractivity contribution in [3.63, 3.8) is 0 Å². The normalized spacial score (nSPS) is 21.0. The van der Waals surface area contributed by atoms with E-state index in [9.17, 15) is 18.4 Å². The summed E-state index contributed by atoms with van der Waals surface area (Å²) in [6, 6.07) is 6.63. The van der Waals surface area contributed by atoms with Gasteiger partial charge in [0.25, 0.3) is 12.0 Å². The molecule has 1 unspecified atom stereocenters. The maximum absolute atomic E-state index is 13.3. The van der Waals surface area contributed by atoms with Crippen molar-refractivity contribution in [1.29, 1.82) is 0 Å². The third-order valence-corrected chi connectivity index (χ3v) is 5.83. The number of amides is 1. The molecule has 1 aromatic carbocycles. The monoisotopic (exact) mass is 420 g/mol. The van der Waals surface area contributed by atoms with Gasteiger partial charge in [0, 0.05) is 26.2 Å². The first-order valence-corrected chi connectivity index (χ1v) is 10.4. The number of nitrogens with zero attached hydrogens (tertiary/aromatic N) is 4. The van der Waals surface area contributed by atoms with Crippen molar-refractivity contribution < 1.29 is 18.3 Å². The van der Waals surface area contributed by atoms with Crippen LogP contribution in [0.5, 0.6) is 0 Å². The molecule has 2 fully saturated rings. The van der Waals surface area contributed by atoms with Crippen molar-refractivity contribution in [3.8, 4) is 0 Å². The SMILES string of the molecule is O=C1COCCCN1CCN1CCCC1c1nc2ccccc2c(=O)n1CC(F)F. The minimum atomic E-state index is -2.64. The molecule has 0 spiro atoms. The summed E-state index contributed by atoms with van der Waals surface area (Å²) in [5.74, 6) is 0.365. The molecule has 1 amide bonds. The van der Waals surface area contributed by atoms with E-state index in [1.165, 1.54) is 0 Å². The largest absolute Gasteiger partial charge is 0.372 e. The number of halogens is 2. The molecule has 0 saturated carbocycles. The van der Waals surface area contributed by atoms with Crippen LogP contribution in [0.15, 0.2) is 29.1 Å². The van der Waals surface area contributed by atoms with E-state index in [0.29, 0.717) is 43.0 Å². The van der Waals surface area contributed by atoms with Crippen molar-refractivity contribution in [3.05, 3.63) is 40.4 Å². The number of carbonyl (C=O) groups is 1. The van der Waals surface area contributed by atoms with Crippen LogP contribution in [0.3, 0.4) is 0 Å². The summed E-state index contributed by atoms with van der Waals surface area (Å²) in [5, 5.41) is 0.349. The van der Waals surface area contributed by atoms with Gasteiger partial charge in [0.15, 0.2) is 0 Å². The molecule has 3 heterocycles. The van der Waals surface area contributed by atoms with E-state index in [1.807, 2.05) is 0 Å². The highest BCUT2D eigenvalue weighted by molar-refractivity contribution is 5.78. The number of hydrogen-bond donors (Lipinski definition) is 0. The van der Waals surface area contributed by atoms with E-state index in [4.69, 9.17) is 4.74 Å². The molecule has 0 radical (unpaired) electrons. The second-order valence-electron chi connectivity index (χ2n) is 7.77. The molecule has 9 heteroatoms. The van der Waals surface area contributed by atoms with Crippen LogP contribution in [0.1, 0.15) is 31.1 Å². The first kappa shape index (κ1) is 20.9. The van der Waals surface area contributed by atoms with Gasteiger partial charge < -0.3 is 9.64 Å². The summed E-state index contributed by atoms with van der Waals surface area (Å²) < 4.78 is 33.0. The number of fused-ring (bicyclic) bond motifs is 1. The van der Waals surface area contributed by atoms with Crippen LogP contribution >= 0.6 is 0 Å². The van der Waals surface area contributed by atoms with E-state index < -0.39 is 18.5 Å². The zero-order valence-corrected chi connectivity index (χ0v) is 16.8. The molecule has 1 aromatic heterocycles. The summed E-state index contributed by atoms with van der Waals surface area (Å²) in [6.07, 6.45) is -0.214. The van der Waals surface area contributed by atoms with Crippen molar-refractivity contribution in [2.75, 3.05) is 39.4 Å². The van der Waals surface area contributed by atoms with Crippen LogP contribution < -0.4 is 5.56 Å². The number of carbonyl (C=O) groups excluding carboxylic acids is 1. The van der Waals surface area contributed by atoms with Gasteiger partial charge in [-0.2, -0.15) is 0 Å². The van der Waals surface area contributed by atoms with Gasteiger partial charge in [0.2, 0.25) is 5.91 Å². The molecule has 2 aliphatic rings. The second kappa shape index (κ2) is 9.18. The molecule has 0 bridgehead atoms. The fraction of sp³-hybridized carbons (Fsp3) is 0.571. The summed E-state index contributed by atoms with van der Waals surface area (Å²) in [7, 11) is 0. The molecule has 4 rings (SSSR count). The number of likely N-dealkylation sites (tertiary alicyclic amines) is 1. The predicted octanol–water partition coefficient (Wildman–Crippen LogP) is 2.05. The van der Waals surface area contributed by atoms with Crippen LogP contribution in [-0.4, -0.2) is 71.1 Å². The summed E-state index contributed by atoms with van der Waals surface area (Å²) in [6.45, 7) is 2.60. The van der Waals surface area contributed by atoms with Crippen molar-refractivity contribution in [2.24, 2.45) is 0 Å². The van der Waals surface area contributed by atoms with Crippen LogP contribution in [0.2, 0.25) is 0 Å². The van der Waals surface area contributed by atoms with Crippen LogP contribution in [0.4, 0.5) is 8.78 Å². The van der Waals surface area contributed by atoms with Crippen LogP contribution in [0, 0.1) is 0 Å². The Labute approximate surface area is 173 Å². The fourth-order valence-corrected chi connectivity index (χ4v) is 4.36. The van der Waals surface area contributed by atoms with Crippen LogP contribution in [0.25, 0.3) is 10.9 Å². The smallest absolute Gasteiger partial charge is 0.261 e. The Morgan fingerprint density at radius 1 is 1.13 bits per heavy atom. The lowest BCUT2D eigenvalue weighted by atomic mass is 10.1. The number of rotatable bonds is 6. The highest BCUT2D eigenvalue weighted by atomic mass is 19.3. The van der Waals surface area contributed by atoms with Crippen molar-refractivity contribution in [1.82, 2.24) is 19.4 Å². The molecule has 0 N–H and O–H groups in total. The predicted molar refractivity (Wildman–Crippen MR) is 108 cm³/mol. The third kappa shape index (κ3) is 4.37. The van der Waals surface area contributed by atoms with E-state index in [0.717, 1.165) is 30.4 Å². The lowest BCUT2D eigenvalue weighted by Gasteiger charge is -2.29. The topological polar surface area (TPSA) is 67.7 Å². The first-order valence-electron chi connectivity index (χ1n) is 10.4. The van der Waals surface area contributed by atoms with E-state index in [-0.39, 0.29) is 18.6 Å². The molecule has 2 saturated heterocycles. The zero-order chi connectivity index (χ0) is 21.1. The average Bonchev–Trinajstić information content (AvgIpc) is 3.10. The molecule has 2 aromatic rings. The molecule has 30 heavy (non-hydrogen) atoms. The van der Waals surface area contributed by atoms with Gasteiger partial charge in [-0.15, -0.1) is 0 Å². The van der Waals surface area contributed by atoms with Crippen molar-refractivity contribution in [2.45, 2.75) is 38.3 Å². The quantitative estimate of drug-likeness (QED) is 0.716. The van der Waals surface area contributed by atoms with E-state index in [2.05, 4.69) is 9.88 Å². The summed E-state index contributed by atoms with van der Waals surface area (Å²) in [4.78, 5) is 33.7. The molecular formula is C21H26F2N4O3. The molecule has 7 nitrogen and oxygen atoms in total. The Bertz CT molecular complexity index is 965. The Morgan fingerprint density at radius 3 is 2.80 bits per heavy atom. The Morgan fingerprint density at radius 2 is 1.97 bits per heavy atom. The highest BCUT2D eigenvalue weighted by Crippen LogP contribution is 2.31. The van der Waals surface area contributed by atoms with E-state index in [1.54, 1.807) is 29.2 Å². The number of ether oxygens (including phenoxy) is 1. The first-order chi connectivity index (χ1) is 14.5. The number of alkyl halides is 2. The van der Waals surface area contributed by atoms with Gasteiger partial charge in [0.05, 0.1) is 23.5 Å². The minimum Gasteiger partial charge on any atom is -0.372 e. The number of benzene rings is 1. The van der Waals surface area contributed by atoms with Crippen molar-refractivity contribution >= 4 is 16.8 Å². The second-order valence-corrected chi connectivity index (χ2v) is 7.77. The maximum Gasteiger partial charge on any atom is 0.261 e. The lowest BCUT2D eigenvalue weighted by Crippen LogP contribution is -2.40. The van der Waals surface area contributed by atoms with Gasteiger partial charge >= 0.3 is 0 Å². The summed E-state index contributed by atoms with van der Waals surface area (Å²) in [5.41, 5.74) is 0.0947. The number of aromatic nitrogens is 2. The fourth-order valence-electron chi connectivity index (χ4n) is 4.36. The molecular weight excluding hydrogens is 394 g/mol. The van der Waals surface area contributed by atoms with E-state index >= 15 is 0 Å². The van der Waals surface area contributed by atoms with Gasteiger partial charge in [-0.25, -0.2) is 13.8 Å². The van der Waals surface area contributed by atoms with Gasteiger partial charge in [-0.1, -0.05) is 12.1 Å².